The maximum Gasteiger partial charge on any atom is 0.232 e. The maximum atomic E-state index is 6.13. The zero-order valence-electron chi connectivity index (χ0n) is 16.0. The molecule has 3 aromatic rings. The van der Waals surface area contributed by atoms with Crippen molar-refractivity contribution < 1.29 is 4.74 Å². The Labute approximate surface area is 171 Å². The summed E-state index contributed by atoms with van der Waals surface area (Å²) in [4.78, 5) is 8.77. The van der Waals surface area contributed by atoms with E-state index in [1.807, 2.05) is 18.3 Å². The van der Waals surface area contributed by atoms with Gasteiger partial charge in [-0.3, -0.25) is 4.98 Å². The van der Waals surface area contributed by atoms with E-state index in [0.29, 0.717) is 10.9 Å². The van der Waals surface area contributed by atoms with E-state index in [2.05, 4.69) is 39.6 Å². The lowest BCUT2D eigenvalue weighted by Gasteiger charge is -2.22. The first-order valence-electron chi connectivity index (χ1n) is 9.76. The van der Waals surface area contributed by atoms with Crippen LogP contribution >= 0.6 is 11.6 Å². The van der Waals surface area contributed by atoms with Crippen molar-refractivity contribution in [1.29, 1.82) is 0 Å². The molecular weight excluding hydrogens is 370 g/mol. The van der Waals surface area contributed by atoms with Gasteiger partial charge in [0.15, 0.2) is 0 Å². The van der Waals surface area contributed by atoms with Gasteiger partial charge in [0.2, 0.25) is 5.88 Å². The molecule has 1 aromatic carbocycles. The van der Waals surface area contributed by atoms with Gasteiger partial charge in [0, 0.05) is 5.56 Å². The number of anilines is 2. The van der Waals surface area contributed by atoms with E-state index in [-0.39, 0.29) is 0 Å². The summed E-state index contributed by atoms with van der Waals surface area (Å²) in [6, 6.07) is 14.7. The average Bonchev–Trinajstić information content (AvgIpc) is 2.75. The van der Waals surface area contributed by atoms with Crippen LogP contribution in [0.2, 0.25) is 5.02 Å². The van der Waals surface area contributed by atoms with Gasteiger partial charge < -0.3 is 10.1 Å². The van der Waals surface area contributed by atoms with E-state index in [1.54, 1.807) is 19.4 Å². The molecule has 0 spiro atoms. The minimum Gasteiger partial charge on any atom is -0.480 e. The number of ether oxygens (including phenoxy) is 1. The fourth-order valence-corrected chi connectivity index (χ4v) is 4.05. The Morgan fingerprint density at radius 3 is 2.32 bits per heavy atom. The van der Waals surface area contributed by atoms with E-state index < -0.39 is 0 Å². The summed E-state index contributed by atoms with van der Waals surface area (Å²) in [5.74, 6) is 1.14. The summed E-state index contributed by atoms with van der Waals surface area (Å²) in [6.45, 7) is 0. The molecule has 0 radical (unpaired) electrons. The van der Waals surface area contributed by atoms with Crippen molar-refractivity contribution >= 4 is 23.0 Å². The lowest BCUT2D eigenvalue weighted by atomic mass is 9.84. The third-order valence-electron chi connectivity index (χ3n) is 5.34. The number of halogens is 1. The van der Waals surface area contributed by atoms with Crippen molar-refractivity contribution in [3.63, 3.8) is 0 Å². The van der Waals surface area contributed by atoms with Crippen LogP contribution < -0.4 is 10.1 Å². The largest absolute Gasteiger partial charge is 0.480 e. The molecule has 0 amide bonds. The van der Waals surface area contributed by atoms with Crippen molar-refractivity contribution in [3.05, 3.63) is 65.4 Å². The highest BCUT2D eigenvalue weighted by molar-refractivity contribution is 6.32. The van der Waals surface area contributed by atoms with Crippen molar-refractivity contribution in [1.82, 2.24) is 9.97 Å². The zero-order chi connectivity index (χ0) is 19.3. The molecule has 0 saturated heterocycles. The number of aromatic nitrogens is 2. The molecule has 0 bridgehead atoms. The maximum absolute atomic E-state index is 6.13. The number of hydrogen-bond donors (Lipinski definition) is 1. The van der Waals surface area contributed by atoms with E-state index in [4.69, 9.17) is 16.3 Å². The minimum atomic E-state index is 0.414. The molecule has 2 aromatic heterocycles. The van der Waals surface area contributed by atoms with Gasteiger partial charge in [-0.2, -0.15) is 0 Å². The molecule has 2 heterocycles. The number of nitrogens with one attached hydrogen (secondary N) is 1. The van der Waals surface area contributed by atoms with Gasteiger partial charge >= 0.3 is 0 Å². The topological polar surface area (TPSA) is 47.0 Å². The van der Waals surface area contributed by atoms with Crippen LogP contribution in [0.4, 0.5) is 11.4 Å². The molecule has 1 aliphatic carbocycles. The molecule has 0 unspecified atom stereocenters. The van der Waals surface area contributed by atoms with Gasteiger partial charge in [0.05, 0.1) is 36.6 Å². The summed E-state index contributed by atoms with van der Waals surface area (Å²) >= 11 is 6.13. The molecule has 5 heteroatoms. The Balaban J connectivity index is 1.44. The molecule has 1 N–H and O–H groups in total. The Bertz CT molecular complexity index is 920. The average molecular weight is 394 g/mol. The Morgan fingerprint density at radius 1 is 0.929 bits per heavy atom. The fraction of sp³-hybridized carbons (Fsp3) is 0.304. The van der Waals surface area contributed by atoms with Crippen LogP contribution in [0.5, 0.6) is 5.88 Å². The van der Waals surface area contributed by atoms with Crippen molar-refractivity contribution in [2.45, 2.75) is 38.0 Å². The number of methoxy groups -OCH3 is 1. The predicted octanol–water partition coefficient (Wildman–Crippen LogP) is 6.60. The van der Waals surface area contributed by atoms with Crippen LogP contribution in [0.1, 0.15) is 43.6 Å². The summed E-state index contributed by atoms with van der Waals surface area (Å²) in [7, 11) is 1.55. The fourth-order valence-electron chi connectivity index (χ4n) is 3.81. The molecule has 144 valence electrons. The molecule has 4 rings (SSSR count). The zero-order valence-corrected chi connectivity index (χ0v) is 16.7. The second-order valence-electron chi connectivity index (χ2n) is 7.23. The van der Waals surface area contributed by atoms with E-state index >= 15 is 0 Å². The highest BCUT2D eigenvalue weighted by Gasteiger charge is 2.15. The van der Waals surface area contributed by atoms with Crippen LogP contribution in [0.25, 0.3) is 11.3 Å². The third kappa shape index (κ3) is 4.28. The molecule has 0 atom stereocenters. The van der Waals surface area contributed by atoms with Crippen LogP contribution in [0.3, 0.4) is 0 Å². The molecule has 1 fully saturated rings. The summed E-state index contributed by atoms with van der Waals surface area (Å²) in [5.41, 5.74) is 5.24. The first-order chi connectivity index (χ1) is 13.7. The molecule has 0 aliphatic heterocycles. The number of nitrogens with zero attached hydrogens (tertiary/aromatic N) is 2. The molecule has 1 aliphatic rings. The summed E-state index contributed by atoms with van der Waals surface area (Å²) in [6.07, 6.45) is 10.3. The molecule has 4 nitrogen and oxygen atoms in total. The van der Waals surface area contributed by atoms with Gasteiger partial charge in [-0.25, -0.2) is 4.98 Å². The Kier molecular flexibility index (Phi) is 5.77. The van der Waals surface area contributed by atoms with Crippen LogP contribution in [0.15, 0.2) is 54.9 Å². The smallest absolute Gasteiger partial charge is 0.232 e. The van der Waals surface area contributed by atoms with E-state index in [0.717, 1.165) is 28.6 Å². The van der Waals surface area contributed by atoms with E-state index in [9.17, 15) is 0 Å². The number of pyridine rings is 2. The summed E-state index contributed by atoms with van der Waals surface area (Å²) < 4.78 is 5.08. The molecule has 1 saturated carbocycles. The van der Waals surface area contributed by atoms with Crippen LogP contribution in [0, 0.1) is 0 Å². The quantitative estimate of drug-likeness (QED) is 0.530. The first-order valence-corrected chi connectivity index (χ1v) is 10.1. The Hall–Kier alpha value is -2.59. The SMILES string of the molecule is COc1ncc(Nc2ccc(-c3ccc(C4CCCCC4)cc3)nc2)cc1Cl. The normalized spacial score (nSPS) is 14.6. The van der Waals surface area contributed by atoms with Crippen LogP contribution in [-0.2, 0) is 0 Å². The number of hydrogen-bond acceptors (Lipinski definition) is 4. The number of benzene rings is 1. The van der Waals surface area contributed by atoms with Gasteiger partial charge in [-0.15, -0.1) is 0 Å². The second-order valence-corrected chi connectivity index (χ2v) is 7.64. The van der Waals surface area contributed by atoms with E-state index in [1.165, 1.54) is 37.7 Å². The van der Waals surface area contributed by atoms with Gasteiger partial charge in [-0.1, -0.05) is 55.1 Å². The highest BCUT2D eigenvalue weighted by Crippen LogP contribution is 2.33. The summed E-state index contributed by atoms with van der Waals surface area (Å²) in [5, 5.41) is 3.73. The van der Waals surface area contributed by atoms with Crippen LogP contribution in [-0.4, -0.2) is 17.1 Å². The standard InChI is InChI=1S/C23H24ClN3O/c1-28-23-21(24)13-20(15-26-23)27-19-11-12-22(25-14-19)18-9-7-17(8-10-18)16-5-3-2-4-6-16/h7-16,27H,2-6H2,1H3. The minimum absolute atomic E-state index is 0.414. The van der Waals surface area contributed by atoms with Gasteiger partial charge in [0.25, 0.3) is 0 Å². The molecular formula is C23H24ClN3O. The third-order valence-corrected chi connectivity index (χ3v) is 5.61. The lowest BCUT2D eigenvalue weighted by molar-refractivity contribution is 0.398. The Morgan fingerprint density at radius 2 is 1.68 bits per heavy atom. The highest BCUT2D eigenvalue weighted by atomic mass is 35.5. The molecule has 28 heavy (non-hydrogen) atoms. The monoisotopic (exact) mass is 393 g/mol. The second kappa shape index (κ2) is 8.61. The van der Waals surface area contributed by atoms with Crippen molar-refractivity contribution in [3.8, 4) is 17.1 Å². The predicted molar refractivity (Wildman–Crippen MR) is 115 cm³/mol. The number of rotatable bonds is 5. The van der Waals surface area contributed by atoms with Crippen molar-refractivity contribution in [2.75, 3.05) is 12.4 Å². The first kappa shape index (κ1) is 18.8. The van der Waals surface area contributed by atoms with Gasteiger partial charge in [0.1, 0.15) is 5.02 Å². The van der Waals surface area contributed by atoms with Crippen molar-refractivity contribution in [2.24, 2.45) is 0 Å². The van der Waals surface area contributed by atoms with Gasteiger partial charge in [-0.05, 0) is 42.5 Å². The lowest BCUT2D eigenvalue weighted by Crippen LogP contribution is -2.04.